The van der Waals surface area contributed by atoms with Crippen LogP contribution in [0.15, 0.2) is 18.2 Å². The van der Waals surface area contributed by atoms with Crippen LogP contribution in [0.3, 0.4) is 0 Å². The van der Waals surface area contributed by atoms with E-state index < -0.39 is 0 Å². The van der Waals surface area contributed by atoms with Crippen molar-refractivity contribution >= 4 is 17.5 Å². The Kier molecular flexibility index (Phi) is 4.48. The monoisotopic (exact) mass is 309 g/mol. The average Bonchev–Trinajstić information content (AvgIpc) is 3.32. The second-order valence-electron chi connectivity index (χ2n) is 6.23. The van der Waals surface area contributed by atoms with Gasteiger partial charge >= 0.3 is 0 Å². The van der Waals surface area contributed by atoms with Crippen molar-refractivity contribution in [2.24, 2.45) is 5.92 Å². The quantitative estimate of drug-likeness (QED) is 0.799. The molecule has 0 spiro atoms. The fraction of sp³-hybridized carbons (Fsp3) is 0.588. The van der Waals surface area contributed by atoms with Crippen molar-refractivity contribution in [3.8, 4) is 0 Å². The van der Waals surface area contributed by atoms with E-state index in [2.05, 4.69) is 0 Å². The minimum Gasteiger partial charge on any atom is -0.335 e. The molecule has 0 saturated heterocycles. The van der Waals surface area contributed by atoms with Gasteiger partial charge in [-0.3, -0.25) is 4.79 Å². The molecule has 2 nitrogen and oxygen atoms in total. The van der Waals surface area contributed by atoms with Crippen LogP contribution < -0.4 is 0 Å². The molecule has 21 heavy (non-hydrogen) atoms. The first-order valence-electron chi connectivity index (χ1n) is 7.90. The van der Waals surface area contributed by atoms with Crippen LogP contribution in [0.5, 0.6) is 0 Å². The molecule has 4 heteroatoms. The maximum Gasteiger partial charge on any atom is 0.226 e. The molecular weight excluding hydrogens is 289 g/mol. The van der Waals surface area contributed by atoms with Gasteiger partial charge in [0.25, 0.3) is 0 Å². The van der Waals surface area contributed by atoms with Crippen LogP contribution in [0, 0.1) is 11.7 Å². The van der Waals surface area contributed by atoms with Gasteiger partial charge in [0.1, 0.15) is 5.82 Å². The maximum atomic E-state index is 14.0. The van der Waals surface area contributed by atoms with E-state index in [-0.39, 0.29) is 23.7 Å². The molecule has 0 bridgehead atoms. The van der Waals surface area contributed by atoms with Crippen molar-refractivity contribution in [3.63, 3.8) is 0 Å². The molecule has 0 unspecified atom stereocenters. The molecule has 0 aromatic heterocycles. The van der Waals surface area contributed by atoms with Gasteiger partial charge in [0.15, 0.2) is 0 Å². The molecule has 1 aromatic carbocycles. The first kappa shape index (κ1) is 14.8. The van der Waals surface area contributed by atoms with Crippen molar-refractivity contribution < 1.29 is 9.18 Å². The van der Waals surface area contributed by atoms with Gasteiger partial charge < -0.3 is 4.90 Å². The zero-order valence-corrected chi connectivity index (χ0v) is 12.9. The predicted octanol–water partition coefficient (Wildman–Crippen LogP) is 4.55. The summed E-state index contributed by atoms with van der Waals surface area (Å²) in [7, 11) is 0. The van der Waals surface area contributed by atoms with Crippen LogP contribution >= 0.6 is 11.6 Å². The standard InChI is InChI=1S/C17H21ClFNO/c18-15-7-4-8-16(19)14(15)11-20(13-9-10-13)17(21)12-5-2-1-3-6-12/h4,7-8,12-13H,1-3,5-6,9-11H2. The topological polar surface area (TPSA) is 20.3 Å². The second-order valence-corrected chi connectivity index (χ2v) is 6.64. The van der Waals surface area contributed by atoms with E-state index in [4.69, 9.17) is 11.6 Å². The van der Waals surface area contributed by atoms with E-state index in [9.17, 15) is 9.18 Å². The summed E-state index contributed by atoms with van der Waals surface area (Å²) in [6.07, 6.45) is 7.52. The number of amides is 1. The molecule has 2 saturated carbocycles. The smallest absolute Gasteiger partial charge is 0.226 e. The van der Waals surface area contributed by atoms with Gasteiger partial charge in [-0.25, -0.2) is 4.39 Å². The fourth-order valence-corrected chi connectivity index (χ4v) is 3.43. The summed E-state index contributed by atoms with van der Waals surface area (Å²) in [5.74, 6) is 0.0195. The molecule has 2 fully saturated rings. The van der Waals surface area contributed by atoms with Crippen LogP contribution in [0.1, 0.15) is 50.5 Å². The Balaban J connectivity index is 1.77. The predicted molar refractivity (Wildman–Crippen MR) is 81.6 cm³/mol. The van der Waals surface area contributed by atoms with Crippen LogP contribution in [0.4, 0.5) is 4.39 Å². The molecule has 1 amide bonds. The lowest BCUT2D eigenvalue weighted by atomic mass is 9.88. The van der Waals surface area contributed by atoms with Crippen molar-refractivity contribution in [1.82, 2.24) is 4.90 Å². The van der Waals surface area contributed by atoms with Crippen molar-refractivity contribution in [1.29, 1.82) is 0 Å². The highest BCUT2D eigenvalue weighted by Gasteiger charge is 2.36. The van der Waals surface area contributed by atoms with E-state index in [1.165, 1.54) is 12.5 Å². The Morgan fingerprint density at radius 3 is 2.52 bits per heavy atom. The molecule has 0 atom stereocenters. The van der Waals surface area contributed by atoms with E-state index in [1.807, 2.05) is 4.90 Å². The molecule has 3 rings (SSSR count). The maximum absolute atomic E-state index is 14.0. The summed E-state index contributed by atoms with van der Waals surface area (Å²) in [5.41, 5.74) is 0.454. The Morgan fingerprint density at radius 2 is 1.90 bits per heavy atom. The molecule has 114 valence electrons. The lowest BCUT2D eigenvalue weighted by Gasteiger charge is -2.30. The molecule has 0 heterocycles. The molecule has 0 radical (unpaired) electrons. The number of rotatable bonds is 4. The average molecular weight is 310 g/mol. The Bertz CT molecular complexity index is 503. The Labute approximate surface area is 130 Å². The zero-order chi connectivity index (χ0) is 14.8. The summed E-state index contributed by atoms with van der Waals surface area (Å²) >= 11 is 6.11. The highest BCUT2D eigenvalue weighted by Crippen LogP contribution is 2.34. The van der Waals surface area contributed by atoms with Crippen molar-refractivity contribution in [2.75, 3.05) is 0 Å². The number of nitrogens with zero attached hydrogens (tertiary/aromatic N) is 1. The summed E-state index contributed by atoms with van der Waals surface area (Å²) in [6.45, 7) is 0.311. The Morgan fingerprint density at radius 1 is 1.19 bits per heavy atom. The molecule has 0 N–H and O–H groups in total. The third-order valence-corrected chi connectivity index (χ3v) is 4.97. The number of carbonyl (C=O) groups is 1. The Hall–Kier alpha value is -1.09. The second kappa shape index (κ2) is 6.35. The molecule has 2 aliphatic carbocycles. The van der Waals surface area contributed by atoms with Gasteiger partial charge in [-0.05, 0) is 37.8 Å². The van der Waals surface area contributed by atoms with E-state index >= 15 is 0 Å². The summed E-state index contributed by atoms with van der Waals surface area (Å²) in [4.78, 5) is 14.6. The number of halogens is 2. The van der Waals surface area contributed by atoms with Gasteiger partial charge in [-0.15, -0.1) is 0 Å². The van der Waals surface area contributed by atoms with Crippen LogP contribution in [-0.4, -0.2) is 16.8 Å². The molecular formula is C17H21ClFNO. The van der Waals surface area contributed by atoms with Gasteiger partial charge in [0.2, 0.25) is 5.91 Å². The third kappa shape index (κ3) is 3.39. The number of benzene rings is 1. The van der Waals surface area contributed by atoms with Crippen molar-refractivity contribution in [3.05, 3.63) is 34.6 Å². The van der Waals surface area contributed by atoms with E-state index in [0.717, 1.165) is 38.5 Å². The highest BCUT2D eigenvalue weighted by atomic mass is 35.5. The number of carbonyl (C=O) groups excluding carboxylic acids is 1. The number of hydrogen-bond acceptors (Lipinski definition) is 1. The zero-order valence-electron chi connectivity index (χ0n) is 12.2. The van der Waals surface area contributed by atoms with Gasteiger partial charge in [0, 0.05) is 22.5 Å². The van der Waals surface area contributed by atoms with Crippen LogP contribution in [0.25, 0.3) is 0 Å². The first-order valence-corrected chi connectivity index (χ1v) is 8.28. The van der Waals surface area contributed by atoms with Gasteiger partial charge in [-0.1, -0.05) is 36.9 Å². The SMILES string of the molecule is O=C(C1CCCCC1)N(Cc1c(F)cccc1Cl)C1CC1. The lowest BCUT2D eigenvalue weighted by Crippen LogP contribution is -2.38. The summed E-state index contributed by atoms with van der Waals surface area (Å²) < 4.78 is 14.0. The minimum atomic E-state index is -0.315. The minimum absolute atomic E-state index is 0.130. The number of hydrogen-bond donors (Lipinski definition) is 0. The molecule has 2 aliphatic rings. The van der Waals surface area contributed by atoms with E-state index in [0.29, 0.717) is 17.1 Å². The largest absolute Gasteiger partial charge is 0.335 e. The lowest BCUT2D eigenvalue weighted by molar-refractivity contribution is -0.137. The van der Waals surface area contributed by atoms with Crippen LogP contribution in [0.2, 0.25) is 5.02 Å². The summed E-state index contributed by atoms with van der Waals surface area (Å²) in [6, 6.07) is 4.99. The molecule has 1 aromatic rings. The van der Waals surface area contributed by atoms with E-state index in [1.54, 1.807) is 12.1 Å². The fourth-order valence-electron chi connectivity index (χ4n) is 3.21. The van der Waals surface area contributed by atoms with Gasteiger partial charge in [-0.2, -0.15) is 0 Å². The highest BCUT2D eigenvalue weighted by molar-refractivity contribution is 6.31. The first-order chi connectivity index (χ1) is 10.2. The normalized spacial score (nSPS) is 19.5. The third-order valence-electron chi connectivity index (χ3n) is 4.62. The van der Waals surface area contributed by atoms with Gasteiger partial charge in [0.05, 0.1) is 6.54 Å². The van der Waals surface area contributed by atoms with Crippen LogP contribution in [-0.2, 0) is 11.3 Å². The van der Waals surface area contributed by atoms with Crippen molar-refractivity contribution in [2.45, 2.75) is 57.5 Å². The summed E-state index contributed by atoms with van der Waals surface area (Å²) in [5, 5.41) is 0.414. The molecule has 0 aliphatic heterocycles.